The molecular weight excluding hydrogens is 404 g/mol. The molecule has 2 aliphatic heterocycles. The number of amides is 1. The second-order valence-corrected chi connectivity index (χ2v) is 9.13. The number of aryl methyl sites for hydroxylation is 1. The lowest BCUT2D eigenvalue weighted by Crippen LogP contribution is -2.51. The summed E-state index contributed by atoms with van der Waals surface area (Å²) in [5, 5.41) is 2.85. The Labute approximate surface area is 188 Å². The van der Waals surface area contributed by atoms with Gasteiger partial charge in [-0.3, -0.25) is 19.3 Å². The lowest BCUT2D eigenvalue weighted by molar-refractivity contribution is -0.119. The highest BCUT2D eigenvalue weighted by atomic mass is 16.5. The van der Waals surface area contributed by atoms with Crippen LogP contribution in [0, 0.1) is 6.92 Å². The maximum Gasteiger partial charge on any atom is 0.217 e. The van der Waals surface area contributed by atoms with Crippen LogP contribution in [0.5, 0.6) is 5.75 Å². The molecule has 0 radical (unpaired) electrons. The van der Waals surface area contributed by atoms with Gasteiger partial charge in [0.25, 0.3) is 0 Å². The van der Waals surface area contributed by atoms with Crippen molar-refractivity contribution in [1.29, 1.82) is 0 Å². The van der Waals surface area contributed by atoms with Gasteiger partial charge in [-0.15, -0.1) is 0 Å². The molecule has 0 bridgehead atoms. The van der Waals surface area contributed by atoms with E-state index < -0.39 is 5.60 Å². The van der Waals surface area contributed by atoms with Crippen molar-refractivity contribution in [2.45, 2.75) is 51.7 Å². The van der Waals surface area contributed by atoms with Crippen molar-refractivity contribution >= 4 is 17.5 Å². The number of piperidine rings is 1. The molecule has 168 valence electrons. The molecule has 1 N–H and O–H groups in total. The van der Waals surface area contributed by atoms with Crippen LogP contribution < -0.4 is 10.1 Å². The van der Waals surface area contributed by atoms with E-state index in [1.165, 1.54) is 6.92 Å². The normalized spacial score (nSPS) is 18.5. The zero-order chi connectivity index (χ0) is 22.9. The minimum Gasteiger partial charge on any atom is -0.486 e. The minimum absolute atomic E-state index is 0.0705. The average Bonchev–Trinajstić information content (AvgIpc) is 2.76. The second-order valence-electron chi connectivity index (χ2n) is 9.13. The fourth-order valence-corrected chi connectivity index (χ4v) is 4.65. The Morgan fingerprint density at radius 2 is 1.81 bits per heavy atom. The van der Waals surface area contributed by atoms with E-state index >= 15 is 0 Å². The number of likely N-dealkylation sites (tertiary alicyclic amines) is 1. The van der Waals surface area contributed by atoms with E-state index in [1.807, 2.05) is 56.3 Å². The SMILES string of the molecule is CC(=O)NC(C)c1ccc(C(=O)CN2CCC3(CC2)CC(=O)c2cc(C)ccc2O3)cc1. The Bertz CT molecular complexity index is 1040. The van der Waals surface area contributed by atoms with Crippen molar-refractivity contribution in [2.75, 3.05) is 19.6 Å². The Hall–Kier alpha value is -2.99. The molecule has 0 saturated carbocycles. The summed E-state index contributed by atoms with van der Waals surface area (Å²) in [5.74, 6) is 0.821. The summed E-state index contributed by atoms with van der Waals surface area (Å²) in [7, 11) is 0. The largest absolute Gasteiger partial charge is 0.486 e. The highest BCUT2D eigenvalue weighted by molar-refractivity contribution is 6.00. The first kappa shape index (κ1) is 22.2. The monoisotopic (exact) mass is 434 g/mol. The highest BCUT2D eigenvalue weighted by Crippen LogP contribution is 2.39. The van der Waals surface area contributed by atoms with Crippen molar-refractivity contribution in [2.24, 2.45) is 0 Å². The van der Waals surface area contributed by atoms with Gasteiger partial charge in [0.15, 0.2) is 11.6 Å². The summed E-state index contributed by atoms with van der Waals surface area (Å²) >= 11 is 0. The molecule has 6 nitrogen and oxygen atoms in total. The van der Waals surface area contributed by atoms with Gasteiger partial charge in [0.05, 0.1) is 24.6 Å². The lowest BCUT2D eigenvalue weighted by atomic mass is 9.82. The quantitative estimate of drug-likeness (QED) is 0.723. The molecule has 1 fully saturated rings. The molecule has 0 aliphatic carbocycles. The third-order valence-electron chi connectivity index (χ3n) is 6.53. The predicted molar refractivity (Wildman–Crippen MR) is 122 cm³/mol. The van der Waals surface area contributed by atoms with Gasteiger partial charge in [0, 0.05) is 38.4 Å². The zero-order valence-electron chi connectivity index (χ0n) is 18.9. The van der Waals surface area contributed by atoms with Crippen molar-refractivity contribution in [1.82, 2.24) is 10.2 Å². The minimum atomic E-state index is -0.458. The summed E-state index contributed by atoms with van der Waals surface area (Å²) in [4.78, 5) is 38.9. The number of nitrogens with zero attached hydrogens (tertiary/aromatic N) is 1. The summed E-state index contributed by atoms with van der Waals surface area (Å²) in [6.07, 6.45) is 1.86. The first-order valence-corrected chi connectivity index (χ1v) is 11.2. The number of Topliss-reactive ketones (excluding diaryl/α,β-unsaturated/α-hetero) is 2. The van der Waals surface area contributed by atoms with Crippen LogP contribution >= 0.6 is 0 Å². The van der Waals surface area contributed by atoms with Crippen LogP contribution in [0.15, 0.2) is 42.5 Å². The first-order chi connectivity index (χ1) is 15.2. The van der Waals surface area contributed by atoms with Gasteiger partial charge in [-0.05, 0) is 31.5 Å². The van der Waals surface area contributed by atoms with E-state index in [2.05, 4.69) is 10.2 Å². The van der Waals surface area contributed by atoms with Gasteiger partial charge < -0.3 is 10.1 Å². The number of hydrogen-bond donors (Lipinski definition) is 1. The Kier molecular flexibility index (Phi) is 6.15. The van der Waals surface area contributed by atoms with Crippen LogP contribution in [0.2, 0.25) is 0 Å². The number of hydrogen-bond acceptors (Lipinski definition) is 5. The fourth-order valence-electron chi connectivity index (χ4n) is 4.65. The Morgan fingerprint density at radius 3 is 2.47 bits per heavy atom. The Morgan fingerprint density at radius 1 is 1.12 bits per heavy atom. The van der Waals surface area contributed by atoms with E-state index in [4.69, 9.17) is 4.74 Å². The summed E-state index contributed by atoms with van der Waals surface area (Å²) < 4.78 is 6.32. The highest BCUT2D eigenvalue weighted by Gasteiger charge is 2.43. The van der Waals surface area contributed by atoms with Crippen molar-refractivity contribution < 1.29 is 19.1 Å². The molecule has 2 aliphatic rings. The van der Waals surface area contributed by atoms with Crippen LogP contribution in [0.3, 0.4) is 0 Å². The van der Waals surface area contributed by atoms with Crippen LogP contribution in [-0.2, 0) is 4.79 Å². The van der Waals surface area contributed by atoms with Crippen LogP contribution in [0.25, 0.3) is 0 Å². The van der Waals surface area contributed by atoms with E-state index in [0.29, 0.717) is 29.8 Å². The molecule has 32 heavy (non-hydrogen) atoms. The summed E-state index contributed by atoms with van der Waals surface area (Å²) in [6, 6.07) is 13.1. The van der Waals surface area contributed by atoms with E-state index in [9.17, 15) is 14.4 Å². The van der Waals surface area contributed by atoms with Crippen molar-refractivity contribution in [3.63, 3.8) is 0 Å². The average molecular weight is 435 g/mol. The molecular formula is C26H30N2O4. The molecule has 4 rings (SSSR count). The second kappa shape index (κ2) is 8.87. The number of ketones is 2. The number of ether oxygens (including phenoxy) is 1. The van der Waals surface area contributed by atoms with Crippen LogP contribution in [0.1, 0.15) is 71.0 Å². The smallest absolute Gasteiger partial charge is 0.217 e. The van der Waals surface area contributed by atoms with Crippen molar-refractivity contribution in [3.05, 3.63) is 64.7 Å². The molecule has 1 atom stereocenters. The van der Waals surface area contributed by atoms with E-state index in [-0.39, 0.29) is 23.5 Å². The maximum atomic E-state index is 12.8. The molecule has 6 heteroatoms. The molecule has 1 spiro atoms. The standard InChI is InChI=1S/C26H30N2O4/c1-17-4-9-25-22(14-17)23(30)15-26(32-25)10-12-28(13-11-26)16-24(31)21-7-5-20(6-8-21)18(2)27-19(3)29/h4-9,14,18H,10-13,15-16H2,1-3H3,(H,27,29). The van der Waals surface area contributed by atoms with E-state index in [1.54, 1.807) is 0 Å². The fraction of sp³-hybridized carbons (Fsp3) is 0.423. The number of carbonyl (C=O) groups excluding carboxylic acids is 3. The number of benzene rings is 2. The Balaban J connectivity index is 1.34. The molecule has 1 amide bonds. The predicted octanol–water partition coefficient (Wildman–Crippen LogP) is 3.87. The van der Waals surface area contributed by atoms with E-state index in [0.717, 1.165) is 37.1 Å². The van der Waals surface area contributed by atoms with Gasteiger partial charge in [0.2, 0.25) is 5.91 Å². The molecule has 1 unspecified atom stereocenters. The third-order valence-corrected chi connectivity index (χ3v) is 6.53. The zero-order valence-corrected chi connectivity index (χ0v) is 18.9. The molecule has 0 aromatic heterocycles. The topological polar surface area (TPSA) is 75.7 Å². The summed E-state index contributed by atoms with van der Waals surface area (Å²) in [5.41, 5.74) is 2.91. The van der Waals surface area contributed by atoms with Crippen LogP contribution in [-0.4, -0.2) is 47.6 Å². The van der Waals surface area contributed by atoms with Gasteiger partial charge in [-0.25, -0.2) is 0 Å². The maximum absolute atomic E-state index is 12.8. The van der Waals surface area contributed by atoms with Gasteiger partial charge >= 0.3 is 0 Å². The van der Waals surface area contributed by atoms with Crippen molar-refractivity contribution in [3.8, 4) is 5.75 Å². The van der Waals surface area contributed by atoms with Gasteiger partial charge in [0.1, 0.15) is 11.4 Å². The van der Waals surface area contributed by atoms with Gasteiger partial charge in [-0.2, -0.15) is 0 Å². The first-order valence-electron chi connectivity index (χ1n) is 11.2. The van der Waals surface area contributed by atoms with Gasteiger partial charge in [-0.1, -0.05) is 35.9 Å². The molecule has 2 aromatic carbocycles. The lowest BCUT2D eigenvalue weighted by Gasteiger charge is -2.43. The number of carbonyl (C=O) groups is 3. The number of rotatable bonds is 5. The van der Waals surface area contributed by atoms with Crippen LogP contribution in [0.4, 0.5) is 0 Å². The molecule has 1 saturated heterocycles. The third kappa shape index (κ3) is 4.75. The number of fused-ring (bicyclic) bond motifs is 1. The molecule has 2 heterocycles. The summed E-state index contributed by atoms with van der Waals surface area (Å²) in [6.45, 7) is 7.17. The molecule has 2 aromatic rings. The number of nitrogens with one attached hydrogen (secondary N) is 1.